The van der Waals surface area contributed by atoms with E-state index in [-0.39, 0.29) is 5.04 Å². The van der Waals surface area contributed by atoms with Gasteiger partial charge in [-0.15, -0.1) is 0 Å². The van der Waals surface area contributed by atoms with Gasteiger partial charge in [0, 0.05) is 12.7 Å². The number of aliphatic hydroxyl groups is 1. The van der Waals surface area contributed by atoms with Crippen LogP contribution in [-0.4, -0.2) is 26.1 Å². The van der Waals surface area contributed by atoms with Crippen LogP contribution in [0.25, 0.3) is 0 Å². The predicted molar refractivity (Wildman–Crippen MR) is 121 cm³/mol. The Kier molecular flexibility index (Phi) is 7.13. The van der Waals surface area contributed by atoms with Crippen molar-refractivity contribution in [3.63, 3.8) is 0 Å². The van der Waals surface area contributed by atoms with E-state index in [1.54, 1.807) is 0 Å². The van der Waals surface area contributed by atoms with Crippen molar-refractivity contribution < 1.29 is 9.53 Å². The molecule has 152 valence electrons. The molecule has 2 aromatic carbocycles. The van der Waals surface area contributed by atoms with Gasteiger partial charge in [0.1, 0.15) is 0 Å². The first kappa shape index (κ1) is 21.3. The van der Waals surface area contributed by atoms with Gasteiger partial charge in [0.05, 0.1) is 0 Å². The van der Waals surface area contributed by atoms with Crippen LogP contribution in [0.3, 0.4) is 0 Å². The average molecular weight is 397 g/mol. The van der Waals surface area contributed by atoms with E-state index in [0.29, 0.717) is 12.7 Å². The molecular formula is C25H36O2Si. The van der Waals surface area contributed by atoms with Crippen molar-refractivity contribution in [3.05, 3.63) is 60.7 Å². The fourth-order valence-corrected chi connectivity index (χ4v) is 9.61. The topological polar surface area (TPSA) is 29.5 Å². The molecule has 2 nitrogen and oxygen atoms in total. The third kappa shape index (κ3) is 4.59. The highest BCUT2D eigenvalue weighted by molar-refractivity contribution is 6.99. The lowest BCUT2D eigenvalue weighted by Gasteiger charge is -2.46. The maximum atomic E-state index is 9.12. The zero-order chi connectivity index (χ0) is 20.0. The van der Waals surface area contributed by atoms with E-state index < -0.39 is 8.32 Å². The third-order valence-electron chi connectivity index (χ3n) is 6.32. The van der Waals surface area contributed by atoms with Crippen LogP contribution >= 0.6 is 0 Å². The van der Waals surface area contributed by atoms with Crippen LogP contribution in [0.1, 0.15) is 59.3 Å². The standard InChI is InChI=1S/C25H36O2Si/c1-25(2,3)28(23-12-6-4-7-13-23,24-14-8-5-9-15-24)27-22-18-16-21(17-19-22)11-10-20-26/h4-9,12-15,21-22,26H,10-11,16-20H2,1-3H3/t21-,22-. The molecule has 0 heterocycles. The van der Waals surface area contributed by atoms with Gasteiger partial charge in [0.15, 0.2) is 0 Å². The van der Waals surface area contributed by atoms with Crippen molar-refractivity contribution >= 4 is 18.7 Å². The summed E-state index contributed by atoms with van der Waals surface area (Å²) < 4.78 is 7.26. The summed E-state index contributed by atoms with van der Waals surface area (Å²) in [5.41, 5.74) is 0. The molecular weight excluding hydrogens is 360 g/mol. The lowest BCUT2D eigenvalue weighted by atomic mass is 9.85. The lowest BCUT2D eigenvalue weighted by molar-refractivity contribution is 0.116. The minimum absolute atomic E-state index is 0.0451. The van der Waals surface area contributed by atoms with E-state index in [1.807, 2.05) is 0 Å². The quantitative estimate of drug-likeness (QED) is 0.675. The number of hydrogen-bond acceptors (Lipinski definition) is 2. The van der Waals surface area contributed by atoms with Crippen molar-refractivity contribution in [1.29, 1.82) is 0 Å². The fourth-order valence-electron chi connectivity index (χ4n) is 4.86. The number of aliphatic hydroxyl groups excluding tert-OH is 1. The Balaban J connectivity index is 1.92. The number of hydrogen-bond donors (Lipinski definition) is 1. The van der Waals surface area contributed by atoms with E-state index >= 15 is 0 Å². The minimum atomic E-state index is -2.42. The third-order valence-corrected chi connectivity index (χ3v) is 11.4. The Labute approximate surface area is 172 Å². The molecule has 1 N–H and O–H groups in total. The average Bonchev–Trinajstić information content (AvgIpc) is 2.72. The zero-order valence-electron chi connectivity index (χ0n) is 17.7. The Morgan fingerprint density at radius 2 is 1.36 bits per heavy atom. The fraction of sp³-hybridized carbons (Fsp3) is 0.520. The van der Waals surface area contributed by atoms with Gasteiger partial charge >= 0.3 is 0 Å². The van der Waals surface area contributed by atoms with Crippen molar-refractivity contribution in [1.82, 2.24) is 0 Å². The highest BCUT2D eigenvalue weighted by atomic mass is 28.4. The summed E-state index contributed by atoms with van der Waals surface area (Å²) in [7, 11) is -2.42. The van der Waals surface area contributed by atoms with E-state index in [2.05, 4.69) is 81.4 Å². The highest BCUT2D eigenvalue weighted by Gasteiger charge is 2.51. The van der Waals surface area contributed by atoms with Crippen LogP contribution < -0.4 is 10.4 Å². The first-order valence-electron chi connectivity index (χ1n) is 10.9. The van der Waals surface area contributed by atoms with Crippen LogP contribution in [0, 0.1) is 5.92 Å². The lowest BCUT2D eigenvalue weighted by Crippen LogP contribution is -2.67. The molecule has 3 rings (SSSR count). The van der Waals surface area contributed by atoms with Gasteiger partial charge in [-0.05, 0) is 59.9 Å². The van der Waals surface area contributed by atoms with E-state index in [1.165, 1.54) is 23.2 Å². The maximum Gasteiger partial charge on any atom is 0.261 e. The predicted octanol–water partition coefficient (Wildman–Crippen LogP) is 4.89. The molecule has 28 heavy (non-hydrogen) atoms. The molecule has 1 fully saturated rings. The van der Waals surface area contributed by atoms with Gasteiger partial charge in [0.2, 0.25) is 0 Å². The SMILES string of the molecule is CC(C)(C)[Si](O[C@H]1CC[C@H](CCCO)CC1)(c1ccccc1)c1ccccc1. The summed E-state index contributed by atoms with van der Waals surface area (Å²) in [5, 5.41) is 11.9. The van der Waals surface area contributed by atoms with Gasteiger partial charge in [-0.1, -0.05) is 81.4 Å². The molecule has 0 saturated heterocycles. The molecule has 0 amide bonds. The zero-order valence-corrected chi connectivity index (χ0v) is 18.7. The van der Waals surface area contributed by atoms with Crippen molar-refractivity contribution in [2.75, 3.05) is 6.61 Å². The van der Waals surface area contributed by atoms with Crippen LogP contribution in [0.15, 0.2) is 60.7 Å². The molecule has 3 heteroatoms. The first-order chi connectivity index (χ1) is 13.5. The van der Waals surface area contributed by atoms with Crippen LogP contribution in [0.4, 0.5) is 0 Å². The molecule has 0 unspecified atom stereocenters. The van der Waals surface area contributed by atoms with Crippen LogP contribution in [0.5, 0.6) is 0 Å². The Hall–Kier alpha value is -1.42. The van der Waals surface area contributed by atoms with Gasteiger partial charge in [-0.3, -0.25) is 0 Å². The van der Waals surface area contributed by atoms with Crippen molar-refractivity contribution in [2.24, 2.45) is 5.92 Å². The van der Waals surface area contributed by atoms with Crippen molar-refractivity contribution in [2.45, 2.75) is 70.4 Å². The minimum Gasteiger partial charge on any atom is -0.404 e. The largest absolute Gasteiger partial charge is 0.404 e. The summed E-state index contributed by atoms with van der Waals surface area (Å²) in [4.78, 5) is 0. The second-order valence-corrected chi connectivity index (χ2v) is 13.5. The maximum absolute atomic E-state index is 9.12. The van der Waals surface area contributed by atoms with E-state index in [9.17, 15) is 0 Å². The highest BCUT2D eigenvalue weighted by Crippen LogP contribution is 2.40. The van der Waals surface area contributed by atoms with Crippen LogP contribution in [0.2, 0.25) is 5.04 Å². The molecule has 0 aliphatic heterocycles. The Bertz CT molecular complexity index is 661. The molecule has 0 radical (unpaired) electrons. The second kappa shape index (κ2) is 9.38. The van der Waals surface area contributed by atoms with Crippen LogP contribution in [-0.2, 0) is 4.43 Å². The monoisotopic (exact) mass is 396 g/mol. The molecule has 2 aromatic rings. The van der Waals surface area contributed by atoms with Gasteiger partial charge in [-0.2, -0.15) is 0 Å². The molecule has 0 bridgehead atoms. The Morgan fingerprint density at radius 1 is 0.857 bits per heavy atom. The summed E-state index contributed by atoms with van der Waals surface area (Å²) in [6.07, 6.45) is 7.15. The Morgan fingerprint density at radius 3 is 1.79 bits per heavy atom. The molecule has 1 aliphatic rings. The second-order valence-electron chi connectivity index (χ2n) is 9.29. The van der Waals surface area contributed by atoms with Gasteiger partial charge < -0.3 is 9.53 Å². The molecule has 1 saturated carbocycles. The van der Waals surface area contributed by atoms with Crippen molar-refractivity contribution in [3.8, 4) is 0 Å². The summed E-state index contributed by atoms with van der Waals surface area (Å²) in [6.45, 7) is 7.38. The van der Waals surface area contributed by atoms with Gasteiger partial charge in [-0.25, -0.2) is 0 Å². The summed E-state index contributed by atoms with van der Waals surface area (Å²) in [6, 6.07) is 21.9. The van der Waals surface area contributed by atoms with Gasteiger partial charge in [0.25, 0.3) is 8.32 Å². The van der Waals surface area contributed by atoms with E-state index in [0.717, 1.165) is 31.6 Å². The molecule has 0 spiro atoms. The first-order valence-corrected chi connectivity index (χ1v) is 12.8. The molecule has 1 aliphatic carbocycles. The smallest absolute Gasteiger partial charge is 0.261 e. The summed E-state index contributed by atoms with van der Waals surface area (Å²) >= 11 is 0. The summed E-state index contributed by atoms with van der Waals surface area (Å²) in [5.74, 6) is 0.756. The molecule has 0 atom stereocenters. The normalized spacial score (nSPS) is 20.9. The van der Waals surface area contributed by atoms with E-state index in [4.69, 9.17) is 9.53 Å². The number of rotatable bonds is 7. The molecule has 0 aromatic heterocycles. The number of benzene rings is 2.